The van der Waals surface area contributed by atoms with Crippen LogP contribution in [-0.2, 0) is 16.4 Å². The molecule has 0 saturated carbocycles. The summed E-state index contributed by atoms with van der Waals surface area (Å²) in [5.74, 6) is 0.326. The van der Waals surface area contributed by atoms with E-state index >= 15 is 0 Å². The third-order valence-electron chi connectivity index (χ3n) is 3.71. The molecule has 114 valence electrons. The molecule has 0 aliphatic carbocycles. The lowest BCUT2D eigenvalue weighted by molar-refractivity contribution is 0.188. The molecule has 5 nitrogen and oxygen atoms in total. The fourth-order valence-electron chi connectivity index (χ4n) is 2.57. The van der Waals surface area contributed by atoms with Crippen molar-refractivity contribution in [2.75, 3.05) is 26.7 Å². The van der Waals surface area contributed by atoms with Crippen molar-refractivity contribution in [1.82, 2.24) is 9.62 Å². The van der Waals surface area contributed by atoms with Crippen LogP contribution in [0.3, 0.4) is 0 Å². The first-order valence-electron chi connectivity index (χ1n) is 6.92. The molecule has 2 atom stereocenters. The SMILES string of the molecule is CC1CN(C)CCC1NS(=O)(=O)c1ccc(CCN)s1. The predicted molar refractivity (Wildman–Crippen MR) is 82.5 cm³/mol. The highest BCUT2D eigenvalue weighted by atomic mass is 32.2. The molecule has 1 aliphatic heterocycles. The molecule has 2 heterocycles. The molecule has 1 aromatic heterocycles. The predicted octanol–water partition coefficient (Wildman–Crippen LogP) is 0.868. The van der Waals surface area contributed by atoms with Crippen molar-refractivity contribution < 1.29 is 8.42 Å². The zero-order chi connectivity index (χ0) is 14.8. The van der Waals surface area contributed by atoms with Crippen LogP contribution in [0.2, 0.25) is 0 Å². The van der Waals surface area contributed by atoms with Gasteiger partial charge in [-0.3, -0.25) is 0 Å². The van der Waals surface area contributed by atoms with Crippen molar-refractivity contribution in [2.45, 2.75) is 30.0 Å². The first kappa shape index (κ1) is 15.9. The van der Waals surface area contributed by atoms with Crippen molar-refractivity contribution in [1.29, 1.82) is 0 Å². The monoisotopic (exact) mass is 317 g/mol. The zero-order valence-corrected chi connectivity index (χ0v) is 13.6. The summed E-state index contributed by atoms with van der Waals surface area (Å²) in [4.78, 5) is 3.25. The van der Waals surface area contributed by atoms with Crippen LogP contribution < -0.4 is 10.5 Å². The Morgan fingerprint density at radius 3 is 2.90 bits per heavy atom. The van der Waals surface area contributed by atoms with Gasteiger partial charge < -0.3 is 10.6 Å². The molecule has 0 bridgehead atoms. The van der Waals surface area contributed by atoms with E-state index in [-0.39, 0.29) is 6.04 Å². The minimum atomic E-state index is -3.40. The summed E-state index contributed by atoms with van der Waals surface area (Å²) in [6.07, 6.45) is 1.59. The average molecular weight is 317 g/mol. The Morgan fingerprint density at radius 2 is 2.25 bits per heavy atom. The molecule has 0 radical (unpaired) electrons. The Kier molecular flexibility index (Phi) is 5.19. The minimum absolute atomic E-state index is 0.0243. The number of hydrogen-bond donors (Lipinski definition) is 2. The second-order valence-corrected chi connectivity index (χ2v) is 8.62. The molecule has 2 unspecified atom stereocenters. The van der Waals surface area contributed by atoms with Gasteiger partial charge in [0.2, 0.25) is 10.0 Å². The van der Waals surface area contributed by atoms with Gasteiger partial charge >= 0.3 is 0 Å². The van der Waals surface area contributed by atoms with Crippen LogP contribution in [0.15, 0.2) is 16.3 Å². The van der Waals surface area contributed by atoms with E-state index in [0.717, 1.165) is 30.8 Å². The zero-order valence-electron chi connectivity index (χ0n) is 12.0. The number of nitrogens with two attached hydrogens (primary N) is 1. The number of nitrogens with one attached hydrogen (secondary N) is 1. The van der Waals surface area contributed by atoms with Gasteiger partial charge in [-0.1, -0.05) is 6.92 Å². The number of sulfonamides is 1. The second kappa shape index (κ2) is 6.53. The van der Waals surface area contributed by atoms with Gasteiger partial charge in [0.1, 0.15) is 4.21 Å². The average Bonchev–Trinajstić information content (AvgIpc) is 2.83. The first-order chi connectivity index (χ1) is 9.42. The van der Waals surface area contributed by atoms with Gasteiger partial charge in [-0.25, -0.2) is 13.1 Å². The van der Waals surface area contributed by atoms with Crippen LogP contribution >= 0.6 is 11.3 Å². The maximum Gasteiger partial charge on any atom is 0.250 e. The smallest absolute Gasteiger partial charge is 0.250 e. The third-order valence-corrected chi connectivity index (χ3v) is 6.83. The molecular formula is C13H23N3O2S2. The van der Waals surface area contributed by atoms with Crippen molar-refractivity contribution in [2.24, 2.45) is 11.7 Å². The molecule has 3 N–H and O–H groups in total. The van der Waals surface area contributed by atoms with Crippen LogP contribution in [0.5, 0.6) is 0 Å². The summed E-state index contributed by atoms with van der Waals surface area (Å²) in [7, 11) is -1.33. The molecule has 1 aliphatic rings. The fraction of sp³-hybridized carbons (Fsp3) is 0.692. The number of likely N-dealkylation sites (tertiary alicyclic amines) is 1. The molecular weight excluding hydrogens is 294 g/mol. The van der Waals surface area contributed by atoms with Crippen LogP contribution in [0.4, 0.5) is 0 Å². The number of rotatable bonds is 5. The Bertz CT molecular complexity index is 542. The summed E-state index contributed by atoms with van der Waals surface area (Å²) in [6.45, 7) is 4.49. The molecule has 0 spiro atoms. The van der Waals surface area contributed by atoms with Crippen molar-refractivity contribution in [3.63, 3.8) is 0 Å². The molecule has 1 fully saturated rings. The standard InChI is InChI=1S/C13H23N3O2S2/c1-10-9-16(2)8-6-12(10)15-20(17,18)13-4-3-11(19-13)5-7-14/h3-4,10,12,15H,5-9,14H2,1-2H3. The van der Waals surface area contributed by atoms with Crippen molar-refractivity contribution in [3.8, 4) is 0 Å². The maximum atomic E-state index is 12.4. The minimum Gasteiger partial charge on any atom is -0.330 e. The van der Waals surface area contributed by atoms with Crippen LogP contribution in [0, 0.1) is 5.92 Å². The highest BCUT2D eigenvalue weighted by molar-refractivity contribution is 7.91. The van der Waals surface area contributed by atoms with Gasteiger partial charge in [-0.15, -0.1) is 11.3 Å². The molecule has 20 heavy (non-hydrogen) atoms. The van der Waals surface area contributed by atoms with Gasteiger partial charge in [-0.2, -0.15) is 0 Å². The Labute approximate surface area is 125 Å². The molecule has 0 amide bonds. The van der Waals surface area contributed by atoms with Crippen LogP contribution in [-0.4, -0.2) is 46.0 Å². The highest BCUT2D eigenvalue weighted by Gasteiger charge is 2.29. The lowest BCUT2D eigenvalue weighted by Crippen LogP contribution is -2.48. The quantitative estimate of drug-likeness (QED) is 0.845. The van der Waals surface area contributed by atoms with Gasteiger partial charge in [0.15, 0.2) is 0 Å². The molecule has 7 heteroatoms. The van der Waals surface area contributed by atoms with E-state index in [9.17, 15) is 8.42 Å². The summed E-state index contributed by atoms with van der Waals surface area (Å²) >= 11 is 1.31. The third kappa shape index (κ3) is 3.79. The van der Waals surface area contributed by atoms with E-state index in [0.29, 0.717) is 16.7 Å². The largest absolute Gasteiger partial charge is 0.330 e. The lowest BCUT2D eigenvalue weighted by atomic mass is 9.95. The first-order valence-corrected chi connectivity index (χ1v) is 9.22. The number of piperidine rings is 1. The summed E-state index contributed by atoms with van der Waals surface area (Å²) in [5, 5.41) is 0. The normalized spacial score (nSPS) is 24.9. The van der Waals surface area contributed by atoms with Gasteiger partial charge in [0.05, 0.1) is 0 Å². The molecule has 0 aromatic carbocycles. The topological polar surface area (TPSA) is 75.4 Å². The summed E-state index contributed by atoms with van der Waals surface area (Å²) in [5.41, 5.74) is 5.50. The van der Waals surface area contributed by atoms with Crippen molar-refractivity contribution >= 4 is 21.4 Å². The lowest BCUT2D eigenvalue weighted by Gasteiger charge is -2.34. The number of thiophene rings is 1. The molecule has 1 aromatic rings. The van der Waals surface area contributed by atoms with Crippen molar-refractivity contribution in [3.05, 3.63) is 17.0 Å². The van der Waals surface area contributed by atoms with E-state index in [4.69, 9.17) is 5.73 Å². The van der Waals surface area contributed by atoms with Gasteiger partial charge in [0, 0.05) is 17.5 Å². The van der Waals surface area contributed by atoms with Gasteiger partial charge in [0.25, 0.3) is 0 Å². The Morgan fingerprint density at radius 1 is 1.50 bits per heavy atom. The number of hydrogen-bond acceptors (Lipinski definition) is 5. The number of nitrogens with zero attached hydrogens (tertiary/aromatic N) is 1. The van der Waals surface area contributed by atoms with Crippen LogP contribution in [0.1, 0.15) is 18.2 Å². The highest BCUT2D eigenvalue weighted by Crippen LogP contribution is 2.24. The maximum absolute atomic E-state index is 12.4. The Balaban J connectivity index is 2.06. The van der Waals surface area contributed by atoms with Crippen LogP contribution in [0.25, 0.3) is 0 Å². The Hall–Kier alpha value is -0.470. The molecule has 1 saturated heterocycles. The van der Waals surface area contributed by atoms with E-state index < -0.39 is 10.0 Å². The fourth-order valence-corrected chi connectivity index (χ4v) is 5.33. The van der Waals surface area contributed by atoms with Gasteiger partial charge in [-0.05, 0) is 51.0 Å². The second-order valence-electron chi connectivity index (χ2n) is 5.52. The van der Waals surface area contributed by atoms with E-state index in [2.05, 4.69) is 23.6 Å². The summed E-state index contributed by atoms with van der Waals surface area (Å²) < 4.78 is 28.1. The van der Waals surface area contributed by atoms with E-state index in [1.165, 1.54) is 11.3 Å². The summed E-state index contributed by atoms with van der Waals surface area (Å²) in [6, 6.07) is 3.55. The van der Waals surface area contributed by atoms with E-state index in [1.54, 1.807) is 6.07 Å². The van der Waals surface area contributed by atoms with E-state index in [1.807, 2.05) is 6.07 Å². The molecule has 2 rings (SSSR count).